The highest BCUT2D eigenvalue weighted by Gasteiger charge is 2.31. The van der Waals surface area contributed by atoms with Gasteiger partial charge in [0.15, 0.2) is 0 Å². The van der Waals surface area contributed by atoms with Crippen LogP contribution in [0, 0.1) is 0 Å². The van der Waals surface area contributed by atoms with Crippen molar-refractivity contribution in [2.24, 2.45) is 0 Å². The molecular formula is C17H27NO2. The lowest BCUT2D eigenvalue weighted by Gasteiger charge is -2.22. The molecule has 1 aromatic rings. The molecule has 3 nitrogen and oxygen atoms in total. The van der Waals surface area contributed by atoms with E-state index in [2.05, 4.69) is 24.4 Å². The Morgan fingerprint density at radius 3 is 2.50 bits per heavy atom. The van der Waals surface area contributed by atoms with Crippen molar-refractivity contribution in [2.75, 3.05) is 13.7 Å². The lowest BCUT2D eigenvalue weighted by molar-refractivity contribution is 0.00140. The van der Waals surface area contributed by atoms with Crippen LogP contribution in [0.1, 0.15) is 44.6 Å². The molecule has 112 valence electrons. The lowest BCUT2D eigenvalue weighted by Crippen LogP contribution is -2.32. The third-order valence-corrected chi connectivity index (χ3v) is 4.32. The van der Waals surface area contributed by atoms with Gasteiger partial charge >= 0.3 is 0 Å². The van der Waals surface area contributed by atoms with Gasteiger partial charge in [0.25, 0.3) is 0 Å². The minimum atomic E-state index is -0.596. The second kappa shape index (κ2) is 7.09. The van der Waals surface area contributed by atoms with E-state index in [9.17, 15) is 5.11 Å². The van der Waals surface area contributed by atoms with Crippen molar-refractivity contribution in [3.8, 4) is 5.75 Å². The largest absolute Gasteiger partial charge is 0.491 e. The molecular weight excluding hydrogens is 250 g/mol. The highest BCUT2D eigenvalue weighted by Crippen LogP contribution is 2.30. The zero-order chi connectivity index (χ0) is 14.4. The summed E-state index contributed by atoms with van der Waals surface area (Å²) in [5.74, 6) is 0.857. The van der Waals surface area contributed by atoms with Crippen molar-refractivity contribution in [2.45, 2.75) is 57.1 Å². The molecule has 1 aromatic carbocycles. The molecule has 0 heterocycles. The highest BCUT2D eigenvalue weighted by molar-refractivity contribution is 5.27. The first-order valence-electron chi connectivity index (χ1n) is 7.73. The Morgan fingerprint density at radius 2 is 1.90 bits per heavy atom. The van der Waals surface area contributed by atoms with Crippen molar-refractivity contribution in [3.05, 3.63) is 29.8 Å². The highest BCUT2D eigenvalue weighted by atomic mass is 16.5. The number of aliphatic hydroxyl groups is 1. The van der Waals surface area contributed by atoms with Gasteiger partial charge in [-0.25, -0.2) is 0 Å². The van der Waals surface area contributed by atoms with E-state index in [4.69, 9.17) is 4.74 Å². The van der Waals surface area contributed by atoms with Crippen LogP contribution in [-0.2, 0) is 6.42 Å². The van der Waals surface area contributed by atoms with Gasteiger partial charge in [-0.3, -0.25) is 0 Å². The number of nitrogens with one attached hydrogen (secondary N) is 1. The predicted molar refractivity (Wildman–Crippen MR) is 82.2 cm³/mol. The van der Waals surface area contributed by atoms with Gasteiger partial charge in [-0.05, 0) is 57.4 Å². The Balaban J connectivity index is 1.79. The van der Waals surface area contributed by atoms with Crippen molar-refractivity contribution < 1.29 is 9.84 Å². The van der Waals surface area contributed by atoms with Gasteiger partial charge in [0.05, 0.1) is 5.60 Å². The first-order chi connectivity index (χ1) is 9.61. The van der Waals surface area contributed by atoms with E-state index in [1.54, 1.807) is 0 Å². The maximum atomic E-state index is 10.2. The van der Waals surface area contributed by atoms with Crippen LogP contribution in [0.15, 0.2) is 24.3 Å². The maximum absolute atomic E-state index is 10.2. The molecule has 0 aromatic heterocycles. The number of rotatable bonds is 7. The van der Waals surface area contributed by atoms with Crippen LogP contribution in [0.25, 0.3) is 0 Å². The van der Waals surface area contributed by atoms with Gasteiger partial charge in [-0.2, -0.15) is 0 Å². The fourth-order valence-electron chi connectivity index (χ4n) is 2.67. The smallest absolute Gasteiger partial charge is 0.119 e. The summed E-state index contributed by atoms with van der Waals surface area (Å²) < 4.78 is 5.73. The van der Waals surface area contributed by atoms with E-state index in [1.165, 1.54) is 5.56 Å². The molecule has 0 spiro atoms. The minimum Gasteiger partial charge on any atom is -0.491 e. The Hall–Kier alpha value is -1.06. The summed E-state index contributed by atoms with van der Waals surface area (Å²) >= 11 is 0. The standard InChI is InChI=1S/C17H27NO2/c1-14(18-2)5-6-15-7-9-16(10-8-15)20-13-17(19)11-3-4-12-17/h7-10,14,18-19H,3-6,11-13H2,1-2H3. The van der Waals surface area contributed by atoms with Crippen LogP contribution in [0.5, 0.6) is 5.75 Å². The maximum Gasteiger partial charge on any atom is 0.119 e. The summed E-state index contributed by atoms with van der Waals surface area (Å²) in [6.45, 7) is 2.61. The van der Waals surface area contributed by atoms with E-state index in [0.717, 1.165) is 44.3 Å². The van der Waals surface area contributed by atoms with E-state index < -0.39 is 5.60 Å². The molecule has 2 N–H and O–H groups in total. The van der Waals surface area contributed by atoms with Crippen molar-refractivity contribution in [1.82, 2.24) is 5.32 Å². The summed E-state index contributed by atoms with van der Waals surface area (Å²) in [6.07, 6.45) is 6.17. The normalized spacial score (nSPS) is 18.9. The van der Waals surface area contributed by atoms with Crippen LogP contribution >= 0.6 is 0 Å². The molecule has 1 aliphatic rings. The molecule has 3 heteroatoms. The van der Waals surface area contributed by atoms with Gasteiger partial charge in [0.1, 0.15) is 12.4 Å². The van der Waals surface area contributed by atoms with Gasteiger partial charge < -0.3 is 15.2 Å². The van der Waals surface area contributed by atoms with Gasteiger partial charge in [0.2, 0.25) is 0 Å². The molecule has 0 amide bonds. The van der Waals surface area contributed by atoms with E-state index in [0.29, 0.717) is 12.6 Å². The second-order valence-electron chi connectivity index (χ2n) is 6.09. The molecule has 2 rings (SSSR count). The van der Waals surface area contributed by atoms with E-state index in [-0.39, 0.29) is 0 Å². The van der Waals surface area contributed by atoms with Gasteiger partial charge in [-0.1, -0.05) is 25.0 Å². The van der Waals surface area contributed by atoms with Gasteiger partial charge in [0, 0.05) is 6.04 Å². The first kappa shape index (κ1) is 15.3. The average Bonchev–Trinajstić information content (AvgIpc) is 2.91. The minimum absolute atomic E-state index is 0.420. The molecule has 1 fully saturated rings. The van der Waals surface area contributed by atoms with Crippen molar-refractivity contribution in [3.63, 3.8) is 0 Å². The van der Waals surface area contributed by atoms with Gasteiger partial charge in [-0.15, -0.1) is 0 Å². The van der Waals surface area contributed by atoms with Crippen LogP contribution in [-0.4, -0.2) is 30.4 Å². The quantitative estimate of drug-likeness (QED) is 0.805. The van der Waals surface area contributed by atoms with Crippen molar-refractivity contribution in [1.29, 1.82) is 0 Å². The summed E-state index contributed by atoms with van der Waals surface area (Å²) in [4.78, 5) is 0. The number of aryl methyl sites for hydroxylation is 1. The molecule has 0 bridgehead atoms. The SMILES string of the molecule is CNC(C)CCc1ccc(OCC2(O)CCCC2)cc1. The molecule has 1 atom stereocenters. The fraction of sp³-hybridized carbons (Fsp3) is 0.647. The fourth-order valence-corrected chi connectivity index (χ4v) is 2.67. The van der Waals surface area contributed by atoms with E-state index >= 15 is 0 Å². The zero-order valence-corrected chi connectivity index (χ0v) is 12.7. The van der Waals surface area contributed by atoms with Crippen LogP contribution in [0.4, 0.5) is 0 Å². The summed E-state index contributed by atoms with van der Waals surface area (Å²) in [7, 11) is 2.00. The van der Waals surface area contributed by atoms with E-state index in [1.807, 2.05) is 19.2 Å². The summed E-state index contributed by atoms with van der Waals surface area (Å²) in [5.41, 5.74) is 0.736. The second-order valence-corrected chi connectivity index (χ2v) is 6.09. The van der Waals surface area contributed by atoms with Crippen LogP contribution in [0.3, 0.4) is 0 Å². The molecule has 0 radical (unpaired) electrons. The zero-order valence-electron chi connectivity index (χ0n) is 12.7. The number of ether oxygens (including phenoxy) is 1. The topological polar surface area (TPSA) is 41.5 Å². The van der Waals surface area contributed by atoms with Crippen LogP contribution in [0.2, 0.25) is 0 Å². The molecule has 1 unspecified atom stereocenters. The summed E-state index contributed by atoms with van der Waals surface area (Å²) in [6, 6.07) is 8.81. The Labute approximate surface area is 122 Å². The number of benzene rings is 1. The third-order valence-electron chi connectivity index (χ3n) is 4.32. The Kier molecular flexibility index (Phi) is 5.44. The Bertz CT molecular complexity index is 396. The Morgan fingerprint density at radius 1 is 1.25 bits per heavy atom. The molecule has 0 aliphatic heterocycles. The average molecular weight is 277 g/mol. The number of hydrogen-bond acceptors (Lipinski definition) is 3. The van der Waals surface area contributed by atoms with Crippen molar-refractivity contribution >= 4 is 0 Å². The molecule has 20 heavy (non-hydrogen) atoms. The van der Waals surface area contributed by atoms with Crippen LogP contribution < -0.4 is 10.1 Å². The lowest BCUT2D eigenvalue weighted by atomic mass is 10.0. The third kappa shape index (κ3) is 4.50. The summed E-state index contributed by atoms with van der Waals surface area (Å²) in [5, 5.41) is 13.5. The predicted octanol–water partition coefficient (Wildman–Crippen LogP) is 2.91. The molecule has 0 saturated heterocycles. The number of hydrogen-bond donors (Lipinski definition) is 2. The molecule has 1 saturated carbocycles. The first-order valence-corrected chi connectivity index (χ1v) is 7.73. The molecule has 1 aliphatic carbocycles. The monoisotopic (exact) mass is 277 g/mol.